The number of halogens is 2. The number of carbonyl (C=O) groups is 2. The molecule has 174 valence electrons. The molecule has 1 fully saturated rings. The predicted molar refractivity (Wildman–Crippen MR) is 122 cm³/mol. The standard InChI is InChI=1S/C26H21F2NO5/c1-3-34-18-10-7-15(8-11-18)23-22(24(30)16-5-4-6-19(13-16)33-2)25(31)26(32)29(23)17-9-12-20(27)21(28)14-17/h4-14,23,30H,3H2,1-2H3/b24-22+. The first kappa shape index (κ1) is 23.0. The van der Waals surface area contributed by atoms with Gasteiger partial charge >= 0.3 is 0 Å². The summed E-state index contributed by atoms with van der Waals surface area (Å²) in [4.78, 5) is 27.3. The quantitative estimate of drug-likeness (QED) is 0.315. The van der Waals surface area contributed by atoms with Crippen LogP contribution in [0.15, 0.2) is 72.3 Å². The van der Waals surface area contributed by atoms with Gasteiger partial charge in [0.05, 0.1) is 25.3 Å². The minimum absolute atomic E-state index is 0.0235. The van der Waals surface area contributed by atoms with Crippen LogP contribution in [0.2, 0.25) is 0 Å². The molecule has 1 aliphatic rings. The van der Waals surface area contributed by atoms with E-state index in [9.17, 15) is 23.5 Å². The van der Waals surface area contributed by atoms with Gasteiger partial charge in [0.2, 0.25) is 0 Å². The van der Waals surface area contributed by atoms with E-state index in [1.165, 1.54) is 19.2 Å². The highest BCUT2D eigenvalue weighted by molar-refractivity contribution is 6.51. The lowest BCUT2D eigenvalue weighted by Crippen LogP contribution is -2.29. The molecule has 3 aromatic carbocycles. The van der Waals surface area contributed by atoms with E-state index in [2.05, 4.69) is 0 Å². The van der Waals surface area contributed by atoms with Gasteiger partial charge in [-0.2, -0.15) is 0 Å². The first-order valence-corrected chi connectivity index (χ1v) is 10.5. The van der Waals surface area contributed by atoms with Crippen LogP contribution in [0, 0.1) is 11.6 Å². The highest BCUT2D eigenvalue weighted by Crippen LogP contribution is 2.43. The molecule has 1 N–H and O–H groups in total. The van der Waals surface area contributed by atoms with Crippen molar-refractivity contribution in [1.29, 1.82) is 0 Å². The van der Waals surface area contributed by atoms with Crippen molar-refractivity contribution in [2.45, 2.75) is 13.0 Å². The Bertz CT molecular complexity index is 1290. The SMILES string of the molecule is CCOc1ccc(C2/C(=C(\O)c3cccc(OC)c3)C(=O)C(=O)N2c2ccc(F)c(F)c2)cc1. The summed E-state index contributed by atoms with van der Waals surface area (Å²) in [7, 11) is 1.46. The Morgan fingerprint density at radius 3 is 2.35 bits per heavy atom. The van der Waals surface area contributed by atoms with Gasteiger partial charge in [-0.3, -0.25) is 14.5 Å². The third kappa shape index (κ3) is 4.10. The number of methoxy groups -OCH3 is 1. The van der Waals surface area contributed by atoms with E-state index in [4.69, 9.17) is 9.47 Å². The summed E-state index contributed by atoms with van der Waals surface area (Å²) in [6.07, 6.45) is 0. The Hall–Kier alpha value is -4.20. The second-order valence-corrected chi connectivity index (χ2v) is 7.50. The van der Waals surface area contributed by atoms with Crippen molar-refractivity contribution in [3.8, 4) is 11.5 Å². The summed E-state index contributed by atoms with van der Waals surface area (Å²) in [5.41, 5.74) is 0.520. The molecule has 8 heteroatoms. The number of amides is 1. The Kier molecular flexibility index (Phi) is 6.32. The monoisotopic (exact) mass is 465 g/mol. The number of Topliss-reactive ketones (excluding diaryl/α,β-unsaturated/α-hetero) is 1. The first-order valence-electron chi connectivity index (χ1n) is 10.5. The highest BCUT2D eigenvalue weighted by Gasteiger charge is 2.47. The van der Waals surface area contributed by atoms with Crippen molar-refractivity contribution < 1.29 is 33.0 Å². The van der Waals surface area contributed by atoms with E-state index in [0.717, 1.165) is 17.0 Å². The van der Waals surface area contributed by atoms with E-state index >= 15 is 0 Å². The van der Waals surface area contributed by atoms with Gasteiger partial charge in [0.15, 0.2) is 11.6 Å². The van der Waals surface area contributed by atoms with Crippen LogP contribution in [-0.2, 0) is 9.59 Å². The van der Waals surface area contributed by atoms with E-state index in [1.807, 2.05) is 6.92 Å². The second kappa shape index (κ2) is 9.35. The van der Waals surface area contributed by atoms with Gasteiger partial charge in [0.25, 0.3) is 11.7 Å². The zero-order valence-electron chi connectivity index (χ0n) is 18.4. The number of aliphatic hydroxyl groups is 1. The maximum Gasteiger partial charge on any atom is 0.300 e. The maximum atomic E-state index is 14.0. The molecule has 0 aliphatic carbocycles. The third-order valence-corrected chi connectivity index (χ3v) is 5.48. The predicted octanol–water partition coefficient (Wildman–Crippen LogP) is 5.00. The van der Waals surface area contributed by atoms with Crippen LogP contribution >= 0.6 is 0 Å². The van der Waals surface area contributed by atoms with Crippen molar-refractivity contribution >= 4 is 23.1 Å². The molecule has 0 saturated carbocycles. The molecule has 0 radical (unpaired) electrons. The molecule has 0 aromatic heterocycles. The molecule has 1 saturated heterocycles. The second-order valence-electron chi connectivity index (χ2n) is 7.50. The topological polar surface area (TPSA) is 76.1 Å². The normalized spacial score (nSPS) is 17.2. The Morgan fingerprint density at radius 1 is 0.971 bits per heavy atom. The van der Waals surface area contributed by atoms with E-state index < -0.39 is 35.1 Å². The van der Waals surface area contributed by atoms with Crippen LogP contribution in [0.1, 0.15) is 24.1 Å². The molecule has 1 amide bonds. The smallest absolute Gasteiger partial charge is 0.300 e. The van der Waals surface area contributed by atoms with Gasteiger partial charge in [0.1, 0.15) is 17.3 Å². The van der Waals surface area contributed by atoms with Crippen molar-refractivity contribution in [3.05, 3.63) is 95.1 Å². The molecule has 34 heavy (non-hydrogen) atoms. The number of carbonyl (C=O) groups excluding carboxylic acids is 2. The van der Waals surface area contributed by atoms with Crippen LogP contribution in [0.5, 0.6) is 11.5 Å². The molecule has 0 spiro atoms. The summed E-state index contributed by atoms with van der Waals surface area (Å²) in [6, 6.07) is 14.8. The van der Waals surface area contributed by atoms with E-state index in [-0.39, 0.29) is 16.8 Å². The summed E-state index contributed by atoms with van der Waals surface area (Å²) in [6.45, 7) is 2.28. The summed E-state index contributed by atoms with van der Waals surface area (Å²) in [5, 5.41) is 11.1. The largest absolute Gasteiger partial charge is 0.507 e. The number of ether oxygens (including phenoxy) is 2. The minimum Gasteiger partial charge on any atom is -0.507 e. The number of anilines is 1. The number of benzene rings is 3. The van der Waals surface area contributed by atoms with Gasteiger partial charge in [0, 0.05) is 17.3 Å². The number of aliphatic hydroxyl groups excluding tert-OH is 1. The molecule has 1 atom stereocenters. The minimum atomic E-state index is -1.17. The number of ketones is 1. The van der Waals surface area contributed by atoms with Gasteiger partial charge < -0.3 is 14.6 Å². The van der Waals surface area contributed by atoms with Crippen molar-refractivity contribution in [2.24, 2.45) is 0 Å². The zero-order valence-corrected chi connectivity index (χ0v) is 18.4. The highest BCUT2D eigenvalue weighted by atomic mass is 19.2. The zero-order chi connectivity index (χ0) is 24.4. The van der Waals surface area contributed by atoms with E-state index in [1.54, 1.807) is 42.5 Å². The number of nitrogens with zero attached hydrogens (tertiary/aromatic N) is 1. The number of rotatable bonds is 6. The lowest BCUT2D eigenvalue weighted by molar-refractivity contribution is -0.132. The maximum absolute atomic E-state index is 14.0. The molecule has 1 aliphatic heterocycles. The molecule has 1 heterocycles. The van der Waals surface area contributed by atoms with Crippen molar-refractivity contribution in [2.75, 3.05) is 18.6 Å². The molecule has 6 nitrogen and oxygen atoms in total. The molecule has 4 rings (SSSR count). The van der Waals surface area contributed by atoms with Gasteiger partial charge in [-0.1, -0.05) is 24.3 Å². The molecule has 1 unspecified atom stereocenters. The van der Waals surface area contributed by atoms with Crippen LogP contribution in [0.25, 0.3) is 5.76 Å². The lowest BCUT2D eigenvalue weighted by Gasteiger charge is -2.25. The molecule has 3 aromatic rings. The fraction of sp³-hybridized carbons (Fsp3) is 0.154. The average molecular weight is 465 g/mol. The Morgan fingerprint density at radius 2 is 1.71 bits per heavy atom. The first-order chi connectivity index (χ1) is 16.3. The summed E-state index contributed by atoms with van der Waals surface area (Å²) < 4.78 is 38.3. The van der Waals surface area contributed by atoms with Crippen LogP contribution in [0.4, 0.5) is 14.5 Å². The third-order valence-electron chi connectivity index (χ3n) is 5.48. The lowest BCUT2D eigenvalue weighted by atomic mass is 9.95. The summed E-state index contributed by atoms with van der Waals surface area (Å²) >= 11 is 0. The van der Waals surface area contributed by atoms with Crippen molar-refractivity contribution in [3.63, 3.8) is 0 Å². The summed E-state index contributed by atoms with van der Waals surface area (Å²) in [5.74, 6) is -3.59. The van der Waals surface area contributed by atoms with Gasteiger partial charge in [-0.25, -0.2) is 8.78 Å². The van der Waals surface area contributed by atoms with Crippen molar-refractivity contribution in [1.82, 2.24) is 0 Å². The average Bonchev–Trinajstić information content (AvgIpc) is 3.11. The van der Waals surface area contributed by atoms with Crippen LogP contribution in [0.3, 0.4) is 0 Å². The van der Waals surface area contributed by atoms with E-state index in [0.29, 0.717) is 23.7 Å². The number of hydrogen-bond acceptors (Lipinski definition) is 5. The number of hydrogen-bond donors (Lipinski definition) is 1. The van der Waals surface area contributed by atoms with Gasteiger partial charge in [-0.15, -0.1) is 0 Å². The van der Waals surface area contributed by atoms with Crippen LogP contribution < -0.4 is 14.4 Å². The Labute approximate surface area is 194 Å². The fourth-order valence-corrected chi connectivity index (χ4v) is 3.89. The van der Waals surface area contributed by atoms with Crippen LogP contribution in [-0.4, -0.2) is 30.5 Å². The molecule has 0 bridgehead atoms. The Balaban J connectivity index is 1.92. The molecular weight excluding hydrogens is 444 g/mol. The fourth-order valence-electron chi connectivity index (χ4n) is 3.89. The molecular formula is C26H21F2NO5. The van der Waals surface area contributed by atoms with Gasteiger partial charge in [-0.05, 0) is 48.9 Å².